The van der Waals surface area contributed by atoms with Crippen molar-refractivity contribution in [3.63, 3.8) is 0 Å². The molecule has 0 aliphatic carbocycles. The van der Waals surface area contributed by atoms with Crippen LogP contribution in [0.4, 0.5) is 0 Å². The fourth-order valence-electron chi connectivity index (χ4n) is 6.25. The highest BCUT2D eigenvalue weighted by molar-refractivity contribution is 8.03. The topological polar surface area (TPSA) is 229 Å². The number of hydrogen-bond acceptors (Lipinski definition) is 12. The Hall–Kier alpha value is -3.12. The molecule has 0 spiro atoms. The van der Waals surface area contributed by atoms with Gasteiger partial charge in [0.25, 0.3) is 0 Å². The molecule has 0 aromatic carbocycles. The number of aromatic nitrogens is 4. The molecule has 9 atom stereocenters. The number of carbonyl (C=O) groups excluding carboxylic acids is 3. The zero-order valence-electron chi connectivity index (χ0n) is 22.0. The first-order valence-electron chi connectivity index (χ1n) is 13.1. The van der Waals surface area contributed by atoms with Crippen molar-refractivity contribution in [1.82, 2.24) is 40.6 Å². The number of carboxylic acids is 1. The van der Waals surface area contributed by atoms with Gasteiger partial charge in [-0.15, -0.1) is 16.9 Å². The van der Waals surface area contributed by atoms with E-state index in [9.17, 15) is 34.5 Å². The smallest absolute Gasteiger partial charge is 0.353 e. The quantitative estimate of drug-likeness (QED) is 0.155. The third-order valence-corrected chi connectivity index (χ3v) is 9.72. The molecule has 218 valence electrons. The second kappa shape index (κ2) is 11.0. The number of tetrazole rings is 1. The van der Waals surface area contributed by atoms with Crippen LogP contribution in [-0.2, 0) is 25.7 Å². The number of nitrogens with zero attached hydrogens (tertiary/aromatic N) is 6. The fraction of sp³-hybridized carbons (Fsp3) is 0.696. The summed E-state index contributed by atoms with van der Waals surface area (Å²) in [6.07, 6.45) is 0.694. The maximum Gasteiger partial charge on any atom is 0.353 e. The predicted molar refractivity (Wildman–Crippen MR) is 138 cm³/mol. The third kappa shape index (κ3) is 4.85. The van der Waals surface area contributed by atoms with Crippen molar-refractivity contribution in [2.24, 2.45) is 17.6 Å². The van der Waals surface area contributed by atoms with E-state index in [1.807, 2.05) is 6.92 Å². The number of hydrogen-bond donors (Lipinski definition) is 6. The predicted octanol–water partition coefficient (Wildman–Crippen LogP) is -3.69. The van der Waals surface area contributed by atoms with Crippen LogP contribution in [0.2, 0.25) is 0 Å². The van der Waals surface area contributed by atoms with E-state index in [2.05, 4.69) is 26.2 Å². The molecule has 40 heavy (non-hydrogen) atoms. The summed E-state index contributed by atoms with van der Waals surface area (Å²) in [6.45, 7) is 3.64. The normalized spacial score (nSPS) is 34.2. The number of aliphatic hydroxyl groups excluding tert-OH is 2. The highest BCUT2D eigenvalue weighted by atomic mass is 32.2. The van der Waals surface area contributed by atoms with Crippen molar-refractivity contribution in [3.8, 4) is 0 Å². The molecule has 3 saturated heterocycles. The number of fused-ring (bicyclic) bond motifs is 1. The maximum absolute atomic E-state index is 13.2. The molecule has 1 aromatic heterocycles. The van der Waals surface area contributed by atoms with Gasteiger partial charge in [0, 0.05) is 35.2 Å². The SMILES string of the molecule is C[C@H](NC(=O)Cn1cnnn1)[C@H]1C(=O)N2C(C(=O)O)=C(S[C@@H]3CN[C@H](C(=O)N4C[C@@H](N)C(O)C4CO)C3)[C@H](C)[C@H]12. The van der Waals surface area contributed by atoms with Gasteiger partial charge in [0.1, 0.15) is 18.6 Å². The molecule has 17 heteroatoms. The minimum Gasteiger partial charge on any atom is -0.477 e. The summed E-state index contributed by atoms with van der Waals surface area (Å²) < 4.78 is 1.26. The molecule has 2 unspecified atom stereocenters. The van der Waals surface area contributed by atoms with E-state index in [0.29, 0.717) is 17.9 Å². The fourth-order valence-corrected chi connectivity index (χ4v) is 7.73. The van der Waals surface area contributed by atoms with Gasteiger partial charge in [-0.1, -0.05) is 6.92 Å². The monoisotopic (exact) mass is 579 g/mol. The zero-order valence-corrected chi connectivity index (χ0v) is 22.8. The Kier molecular flexibility index (Phi) is 7.84. The number of aliphatic carboxylic acids is 1. The Morgan fingerprint density at radius 2 is 2.10 bits per heavy atom. The average Bonchev–Trinajstić information content (AvgIpc) is 3.67. The van der Waals surface area contributed by atoms with Crippen molar-refractivity contribution in [1.29, 1.82) is 0 Å². The van der Waals surface area contributed by atoms with Crippen LogP contribution in [0.3, 0.4) is 0 Å². The summed E-state index contributed by atoms with van der Waals surface area (Å²) in [5.41, 5.74) is 5.84. The zero-order chi connectivity index (χ0) is 28.9. The van der Waals surface area contributed by atoms with Crippen LogP contribution in [0.25, 0.3) is 0 Å². The molecule has 7 N–H and O–H groups in total. The lowest BCUT2D eigenvalue weighted by molar-refractivity contribution is -0.158. The second-order valence-corrected chi connectivity index (χ2v) is 12.1. The van der Waals surface area contributed by atoms with E-state index in [1.54, 1.807) is 6.92 Å². The van der Waals surface area contributed by atoms with E-state index < -0.39 is 54.8 Å². The van der Waals surface area contributed by atoms with Gasteiger partial charge in [0.2, 0.25) is 17.7 Å². The van der Waals surface area contributed by atoms with Crippen LogP contribution >= 0.6 is 11.8 Å². The van der Waals surface area contributed by atoms with Crippen LogP contribution in [0.1, 0.15) is 20.3 Å². The second-order valence-electron chi connectivity index (χ2n) is 10.7. The van der Waals surface area contributed by atoms with Gasteiger partial charge in [-0.25, -0.2) is 9.48 Å². The number of nitrogens with one attached hydrogen (secondary N) is 2. The van der Waals surface area contributed by atoms with Crippen LogP contribution in [-0.4, -0.2) is 130 Å². The molecule has 4 aliphatic heterocycles. The lowest BCUT2D eigenvalue weighted by atomic mass is 9.78. The van der Waals surface area contributed by atoms with Gasteiger partial charge in [-0.05, 0) is 23.8 Å². The van der Waals surface area contributed by atoms with Crippen molar-refractivity contribution < 1.29 is 34.5 Å². The average molecular weight is 580 g/mol. The van der Waals surface area contributed by atoms with Crippen molar-refractivity contribution >= 4 is 35.5 Å². The van der Waals surface area contributed by atoms with Crippen LogP contribution in [0.15, 0.2) is 16.9 Å². The van der Waals surface area contributed by atoms with Crippen molar-refractivity contribution in [2.45, 2.75) is 68.4 Å². The van der Waals surface area contributed by atoms with E-state index in [-0.39, 0.29) is 47.7 Å². The molecule has 5 heterocycles. The summed E-state index contributed by atoms with van der Waals surface area (Å²) in [6, 6.07) is -2.95. The Balaban J connectivity index is 1.24. The van der Waals surface area contributed by atoms with E-state index >= 15 is 0 Å². The Morgan fingerprint density at radius 3 is 2.75 bits per heavy atom. The Bertz CT molecular complexity index is 1210. The number of amides is 3. The minimum atomic E-state index is -1.21. The summed E-state index contributed by atoms with van der Waals surface area (Å²) >= 11 is 1.35. The van der Waals surface area contributed by atoms with Gasteiger partial charge in [0.05, 0.1) is 42.8 Å². The number of carbonyl (C=O) groups is 4. The summed E-state index contributed by atoms with van der Waals surface area (Å²) in [7, 11) is 0. The molecule has 3 fully saturated rings. The minimum absolute atomic E-state index is 0.0558. The first kappa shape index (κ1) is 28.4. The van der Waals surface area contributed by atoms with E-state index in [4.69, 9.17) is 5.73 Å². The van der Waals surface area contributed by atoms with Gasteiger partial charge in [0.15, 0.2) is 0 Å². The molecule has 3 amide bonds. The number of thioether (sulfide) groups is 1. The maximum atomic E-state index is 13.2. The van der Waals surface area contributed by atoms with Gasteiger partial charge >= 0.3 is 5.97 Å². The summed E-state index contributed by atoms with van der Waals surface area (Å²) in [4.78, 5) is 54.3. The first-order valence-corrected chi connectivity index (χ1v) is 14.0. The largest absolute Gasteiger partial charge is 0.477 e. The Labute approximate surface area is 233 Å². The first-order chi connectivity index (χ1) is 19.0. The number of nitrogens with two attached hydrogens (primary N) is 1. The molecule has 4 aliphatic rings. The molecule has 0 saturated carbocycles. The van der Waals surface area contributed by atoms with E-state index in [1.165, 1.54) is 32.6 Å². The van der Waals surface area contributed by atoms with E-state index in [0.717, 1.165) is 0 Å². The molecule has 16 nitrogen and oxygen atoms in total. The van der Waals surface area contributed by atoms with Gasteiger partial charge in [-0.3, -0.25) is 14.4 Å². The Morgan fingerprint density at radius 1 is 1.35 bits per heavy atom. The molecule has 0 bridgehead atoms. The molecule has 5 rings (SSSR count). The highest BCUT2D eigenvalue weighted by Crippen LogP contribution is 2.51. The molecular weight excluding hydrogens is 546 g/mol. The number of rotatable bonds is 9. The standard InChI is InChI=1S/C23H33N9O7S/c1-9-17-16(10(2)27-15(34)6-30-8-26-28-29-30)22(37)32(17)18(23(38)39)20(9)40-11-3-13(25-4-11)21(36)31-5-12(24)19(35)14(31)7-33/h8-14,16-17,19,25,33,35H,3-7,24H2,1-2H3,(H,27,34)(H,38,39)/t9-,10+,11+,12-,13+,14?,16-,17-,19?/m1/s1. The molecule has 1 aromatic rings. The highest BCUT2D eigenvalue weighted by Gasteiger charge is 2.60. The van der Waals surface area contributed by atoms with Crippen molar-refractivity contribution in [2.75, 3.05) is 19.7 Å². The summed E-state index contributed by atoms with van der Waals surface area (Å²) in [5, 5.41) is 46.3. The number of carboxylic acid groups (broad SMARTS) is 1. The van der Waals surface area contributed by atoms with Gasteiger partial charge < -0.3 is 41.5 Å². The number of likely N-dealkylation sites (tertiary alicyclic amines) is 1. The lowest BCUT2D eigenvalue weighted by Gasteiger charge is -2.47. The van der Waals surface area contributed by atoms with Crippen LogP contribution in [0, 0.1) is 11.8 Å². The third-order valence-electron chi connectivity index (χ3n) is 8.21. The molecule has 0 radical (unpaired) electrons. The molecular formula is C23H33N9O7S. The number of β-lactam (4-membered cyclic amide) rings is 1. The van der Waals surface area contributed by atoms with Crippen LogP contribution < -0.4 is 16.4 Å². The van der Waals surface area contributed by atoms with Gasteiger partial charge in [-0.2, -0.15) is 0 Å². The van der Waals surface area contributed by atoms with Crippen molar-refractivity contribution in [3.05, 3.63) is 16.9 Å². The number of aliphatic hydroxyl groups is 2. The van der Waals surface area contributed by atoms with Crippen LogP contribution in [0.5, 0.6) is 0 Å². The summed E-state index contributed by atoms with van der Waals surface area (Å²) in [5.74, 6) is -3.11. The lowest BCUT2D eigenvalue weighted by Crippen LogP contribution is -2.66.